The Morgan fingerprint density at radius 1 is 1.35 bits per heavy atom. The van der Waals surface area contributed by atoms with Crippen LogP contribution >= 0.6 is 34.9 Å². The number of oxime groups is 1. The van der Waals surface area contributed by atoms with E-state index in [0.717, 1.165) is 17.0 Å². The van der Waals surface area contributed by atoms with Gasteiger partial charge < -0.3 is 25.7 Å². The predicted octanol–water partition coefficient (Wildman–Crippen LogP) is -0.905. The van der Waals surface area contributed by atoms with E-state index in [1.807, 2.05) is 24.7 Å². The van der Waals surface area contributed by atoms with Gasteiger partial charge in [-0.25, -0.2) is 25.6 Å². The summed E-state index contributed by atoms with van der Waals surface area (Å²) < 4.78 is 5.31. The average molecular weight is 694 g/mol. The Balaban J connectivity index is 1.31. The zero-order valence-corrected chi connectivity index (χ0v) is 27.4. The van der Waals surface area contributed by atoms with E-state index in [2.05, 4.69) is 26.0 Å². The fraction of sp³-hybridized carbons (Fsp3) is 0.400. The quantitative estimate of drug-likeness (QED) is 0.0541. The van der Waals surface area contributed by atoms with Gasteiger partial charge in [-0.3, -0.25) is 29.7 Å². The monoisotopic (exact) mass is 693 g/mol. The van der Waals surface area contributed by atoms with Gasteiger partial charge in [0.25, 0.3) is 17.7 Å². The number of aliphatic imine (C=N–C) groups is 1. The second-order valence-electron chi connectivity index (χ2n) is 10.5. The Morgan fingerprint density at radius 3 is 2.76 bits per heavy atom. The number of nitrogens with zero attached hydrogens (tertiary/aromatic N) is 6. The lowest BCUT2D eigenvalue weighted by atomic mass is 10.0. The van der Waals surface area contributed by atoms with E-state index in [1.54, 1.807) is 17.1 Å². The number of methoxy groups -OCH3 is 1. The minimum Gasteiger partial charge on any atom is -0.477 e. The maximum Gasteiger partial charge on any atom is 0.352 e. The molecule has 0 aromatic carbocycles. The molecule has 5 rings (SSSR count). The molecular weight excluding hydrogens is 663 g/mol. The molecule has 1 unspecified atom stereocenters. The van der Waals surface area contributed by atoms with Crippen LogP contribution in [0.1, 0.15) is 19.5 Å². The highest BCUT2D eigenvalue weighted by Crippen LogP contribution is 2.41. The molecule has 4 aliphatic heterocycles. The summed E-state index contributed by atoms with van der Waals surface area (Å²) in [5.41, 5.74) is 10.2. The fourth-order valence-electron chi connectivity index (χ4n) is 4.58. The van der Waals surface area contributed by atoms with Crippen LogP contribution in [0.2, 0.25) is 0 Å². The number of carbonyl (C=O) groups excluding carboxylic acids is 3. The van der Waals surface area contributed by atoms with E-state index in [1.165, 1.54) is 47.7 Å². The molecule has 2 atom stereocenters. The first-order chi connectivity index (χ1) is 21.8. The molecule has 21 heteroatoms. The summed E-state index contributed by atoms with van der Waals surface area (Å²) in [5, 5.41) is 21.7. The number of carbonyl (C=O) groups is 4. The Kier molecular flexibility index (Phi) is 9.60. The third-order valence-electron chi connectivity index (χ3n) is 6.84. The van der Waals surface area contributed by atoms with Crippen molar-refractivity contribution in [1.82, 2.24) is 36.2 Å². The molecule has 1 fully saturated rings. The first-order valence-corrected chi connectivity index (χ1v) is 16.4. The number of carboxylic acid groups (broad SMARTS) is 1. The molecule has 0 bridgehead atoms. The summed E-state index contributed by atoms with van der Waals surface area (Å²) in [6.07, 6.45) is 3.66. The van der Waals surface area contributed by atoms with Crippen LogP contribution in [0, 0.1) is 0 Å². The van der Waals surface area contributed by atoms with Crippen molar-refractivity contribution in [2.24, 2.45) is 16.0 Å². The van der Waals surface area contributed by atoms with Gasteiger partial charge >= 0.3 is 5.97 Å². The van der Waals surface area contributed by atoms with Crippen molar-refractivity contribution in [3.05, 3.63) is 46.1 Å². The van der Waals surface area contributed by atoms with Crippen molar-refractivity contribution < 1.29 is 33.9 Å². The molecule has 0 radical (unpaired) electrons. The molecule has 1 aromatic heterocycles. The average Bonchev–Trinajstić information content (AvgIpc) is 3.62. The van der Waals surface area contributed by atoms with Gasteiger partial charge in [0.05, 0.1) is 18.5 Å². The first-order valence-electron chi connectivity index (χ1n) is 13.5. The molecule has 8 N–H and O–H groups in total. The van der Waals surface area contributed by atoms with Gasteiger partial charge in [-0.15, -0.1) is 40.4 Å². The maximum absolute atomic E-state index is 13.4. The van der Waals surface area contributed by atoms with Crippen LogP contribution in [-0.4, -0.2) is 109 Å². The highest BCUT2D eigenvalue weighted by atomic mass is 32.2. The molecule has 246 valence electrons. The molecule has 4 aliphatic rings. The molecule has 5 heterocycles. The Bertz CT molecular complexity index is 1620. The Hall–Kier alpha value is -4.15. The lowest BCUT2D eigenvalue weighted by Crippen LogP contribution is -2.71. The number of fused-ring (bicyclic) bond motifs is 2. The number of thiazole rings is 1. The summed E-state index contributed by atoms with van der Waals surface area (Å²) in [7, 11) is 3.42. The van der Waals surface area contributed by atoms with Crippen LogP contribution in [0.15, 0.2) is 50.6 Å². The molecule has 46 heavy (non-hydrogen) atoms. The summed E-state index contributed by atoms with van der Waals surface area (Å²) in [6.45, 7) is 3.10. The number of β-lactam (4-membered cyclic amide) rings is 1. The van der Waals surface area contributed by atoms with Gasteiger partial charge in [0.2, 0.25) is 5.60 Å². The number of nitrogen functional groups attached to an aromatic ring is 1. The van der Waals surface area contributed by atoms with E-state index in [4.69, 9.17) is 21.2 Å². The van der Waals surface area contributed by atoms with Crippen molar-refractivity contribution in [2.75, 3.05) is 38.0 Å². The van der Waals surface area contributed by atoms with E-state index < -0.39 is 40.7 Å². The number of ether oxygens (including phenoxy) is 1. The number of thioether (sulfide) groups is 2. The topological polar surface area (TPSA) is 242 Å². The Morgan fingerprint density at radius 2 is 2.11 bits per heavy atom. The van der Waals surface area contributed by atoms with Crippen molar-refractivity contribution in [3.63, 3.8) is 0 Å². The van der Waals surface area contributed by atoms with Crippen LogP contribution in [0.5, 0.6) is 0 Å². The SMILES string of the molecule is COCC1=CC(SCC2=C(C(=O)O)N3C(=O)C(NC(=O)/C(=N\OC(C)(C)C(=O)NN)c4csc(N)n4)[C@H]3SC2)=NC2=CN(C)NN12. The second kappa shape index (κ2) is 13.3. The van der Waals surface area contributed by atoms with E-state index in [0.29, 0.717) is 28.8 Å². The van der Waals surface area contributed by atoms with E-state index in [-0.39, 0.29) is 28.0 Å². The number of hydrogen-bond acceptors (Lipinski definition) is 17. The largest absolute Gasteiger partial charge is 0.477 e. The summed E-state index contributed by atoms with van der Waals surface area (Å²) in [4.78, 5) is 66.4. The predicted molar refractivity (Wildman–Crippen MR) is 171 cm³/mol. The van der Waals surface area contributed by atoms with E-state index in [9.17, 15) is 24.3 Å². The summed E-state index contributed by atoms with van der Waals surface area (Å²) in [5.74, 6) is 3.01. The molecule has 0 spiro atoms. The van der Waals surface area contributed by atoms with Crippen molar-refractivity contribution >= 4 is 74.4 Å². The highest BCUT2D eigenvalue weighted by Gasteiger charge is 2.54. The van der Waals surface area contributed by atoms with Crippen LogP contribution < -0.4 is 27.9 Å². The highest BCUT2D eigenvalue weighted by molar-refractivity contribution is 8.14. The number of nitrogens with two attached hydrogens (primary N) is 2. The van der Waals surface area contributed by atoms with Crippen LogP contribution in [0.3, 0.4) is 0 Å². The van der Waals surface area contributed by atoms with Crippen molar-refractivity contribution in [2.45, 2.75) is 30.9 Å². The number of nitrogens with one attached hydrogen (secondary N) is 3. The molecule has 18 nitrogen and oxygen atoms in total. The van der Waals surface area contributed by atoms with Gasteiger partial charge in [0, 0.05) is 31.0 Å². The number of carboxylic acids is 1. The van der Waals surface area contributed by atoms with Crippen LogP contribution in [0.4, 0.5) is 5.13 Å². The van der Waals surface area contributed by atoms with Crippen molar-refractivity contribution in [3.8, 4) is 0 Å². The van der Waals surface area contributed by atoms with Crippen LogP contribution in [-0.2, 0) is 28.8 Å². The number of anilines is 1. The normalized spacial score (nSPS) is 21.2. The zero-order valence-electron chi connectivity index (χ0n) is 25.0. The lowest BCUT2D eigenvalue weighted by molar-refractivity contribution is -0.150. The molecule has 0 aliphatic carbocycles. The number of rotatable bonds is 11. The summed E-state index contributed by atoms with van der Waals surface area (Å²) >= 11 is 3.70. The van der Waals surface area contributed by atoms with Crippen LogP contribution in [0.25, 0.3) is 0 Å². The molecule has 1 aromatic rings. The molecule has 1 saturated heterocycles. The molecule has 0 saturated carbocycles. The summed E-state index contributed by atoms with van der Waals surface area (Å²) in [6, 6.07) is -1.06. The first kappa shape index (κ1) is 33.2. The van der Waals surface area contributed by atoms with Gasteiger partial charge in [0.15, 0.2) is 16.7 Å². The van der Waals surface area contributed by atoms with Crippen molar-refractivity contribution in [1.29, 1.82) is 0 Å². The smallest absolute Gasteiger partial charge is 0.352 e. The standard InChI is InChI=1S/C25H31N11O7S3/c1-25(2,23(41)31-27)43-32-16(13-10-46-24(26)28-13)19(37)30-17-20(38)35-18(22(39)40)11(9-45-21(17)35)8-44-15-5-12(7-42-4)36-14(29-15)6-34(3)33-36/h5-6,10,17,21,33H,7-9,27H2,1-4H3,(H2,26,28)(H,30,37)(H,31,41)(H,39,40)/b32-16-/t17?,21-/m1/s1. The third kappa shape index (κ3) is 6.55. The Labute approximate surface area is 274 Å². The maximum atomic E-state index is 13.4. The number of aromatic nitrogens is 1. The van der Waals surface area contributed by atoms with Gasteiger partial charge in [0.1, 0.15) is 27.9 Å². The number of amides is 3. The second-order valence-corrected chi connectivity index (χ2v) is 13.5. The van der Waals surface area contributed by atoms with Gasteiger partial charge in [-0.1, -0.05) is 5.16 Å². The number of hydrogen-bond donors (Lipinski definition) is 6. The fourth-order valence-corrected chi connectivity index (χ4v) is 7.54. The van der Waals surface area contributed by atoms with Gasteiger partial charge in [-0.05, 0) is 25.5 Å². The lowest BCUT2D eigenvalue weighted by Gasteiger charge is -2.49. The molecule has 3 amide bonds. The molecular formula is C25H31N11O7S3. The number of aliphatic carboxylic acids is 1. The third-order valence-corrected chi connectivity index (χ3v) is 9.85. The number of hydrazine groups is 3. The zero-order chi connectivity index (χ0) is 33.3. The van der Waals surface area contributed by atoms with Gasteiger partial charge in [-0.2, -0.15) is 0 Å². The van der Waals surface area contributed by atoms with E-state index >= 15 is 0 Å². The minimum absolute atomic E-state index is 0.0570. The minimum atomic E-state index is -1.55.